The summed E-state index contributed by atoms with van der Waals surface area (Å²) in [6.45, 7) is 4.10. The lowest BCUT2D eigenvalue weighted by molar-refractivity contribution is 0.000389. The van der Waals surface area contributed by atoms with Crippen LogP contribution in [-0.4, -0.2) is 29.6 Å². The van der Waals surface area contributed by atoms with Gasteiger partial charge in [-0.1, -0.05) is 28.1 Å². The van der Waals surface area contributed by atoms with Crippen molar-refractivity contribution in [3.63, 3.8) is 0 Å². The van der Waals surface area contributed by atoms with Crippen LogP contribution >= 0.6 is 28.3 Å². The van der Waals surface area contributed by atoms with E-state index >= 15 is 0 Å². The van der Waals surface area contributed by atoms with Crippen LogP contribution in [0, 0.1) is 5.92 Å². The minimum atomic E-state index is -0.424. The van der Waals surface area contributed by atoms with E-state index in [9.17, 15) is 5.11 Å². The second-order valence-electron chi connectivity index (χ2n) is 5.30. The first-order valence-electron chi connectivity index (χ1n) is 6.66. The number of aliphatic hydroxyl groups is 1. The topological polar surface area (TPSA) is 35.5 Å². The summed E-state index contributed by atoms with van der Waals surface area (Å²) in [4.78, 5) is 2.20. The van der Waals surface area contributed by atoms with Crippen LogP contribution in [0.3, 0.4) is 0 Å². The van der Waals surface area contributed by atoms with Crippen LogP contribution in [0.15, 0.2) is 22.7 Å². The number of nitrogens with zero attached hydrogens (tertiary/aromatic N) is 1. The maximum absolute atomic E-state index is 10.4. The van der Waals surface area contributed by atoms with E-state index in [1.807, 2.05) is 12.1 Å². The largest absolute Gasteiger partial charge is 0.374 e. The maximum Gasteiger partial charge on any atom is 0.134 e. The van der Waals surface area contributed by atoms with Crippen LogP contribution < -0.4 is 5.32 Å². The van der Waals surface area contributed by atoms with E-state index in [0.717, 1.165) is 36.2 Å². The molecule has 1 saturated heterocycles. The van der Waals surface area contributed by atoms with Gasteiger partial charge in [0.15, 0.2) is 0 Å². The molecular weight excluding hydrogens is 328 g/mol. The van der Waals surface area contributed by atoms with Gasteiger partial charge >= 0.3 is 0 Å². The lowest BCUT2D eigenvalue weighted by Crippen LogP contribution is -2.35. The lowest BCUT2D eigenvalue weighted by atomic mass is 9.97. The molecule has 3 nitrogen and oxygen atoms in total. The van der Waals surface area contributed by atoms with Crippen molar-refractivity contribution in [2.75, 3.05) is 19.6 Å². The second kappa shape index (κ2) is 6.55. The second-order valence-corrected chi connectivity index (χ2v) is 6.16. The molecule has 1 unspecified atom stereocenters. The number of halogens is 2. The first-order valence-corrected chi connectivity index (χ1v) is 7.45. The van der Waals surface area contributed by atoms with Gasteiger partial charge in [0.1, 0.15) is 6.23 Å². The van der Waals surface area contributed by atoms with Gasteiger partial charge in [0.2, 0.25) is 0 Å². The highest BCUT2D eigenvalue weighted by Crippen LogP contribution is 2.36. The molecule has 2 aliphatic rings. The molecule has 0 saturated carbocycles. The smallest absolute Gasteiger partial charge is 0.134 e. The van der Waals surface area contributed by atoms with Gasteiger partial charge in [-0.2, -0.15) is 0 Å². The molecule has 5 heteroatoms. The van der Waals surface area contributed by atoms with Crippen molar-refractivity contribution in [3.05, 3.63) is 33.8 Å². The normalized spacial score (nSPS) is 24.0. The van der Waals surface area contributed by atoms with Gasteiger partial charge in [-0.05, 0) is 43.5 Å². The molecule has 0 amide bonds. The highest BCUT2D eigenvalue weighted by molar-refractivity contribution is 9.10. The third kappa shape index (κ3) is 3.14. The molecule has 0 aliphatic carbocycles. The molecule has 2 N–H and O–H groups in total. The summed E-state index contributed by atoms with van der Waals surface area (Å²) >= 11 is 3.58. The predicted molar refractivity (Wildman–Crippen MR) is 82.4 cm³/mol. The summed E-state index contributed by atoms with van der Waals surface area (Å²) in [5.74, 6) is 0.717. The molecule has 2 aliphatic heterocycles. The average Bonchev–Trinajstić information content (AvgIpc) is 2.70. The van der Waals surface area contributed by atoms with Crippen LogP contribution in [0.2, 0.25) is 0 Å². The number of hydrogen-bond donors (Lipinski definition) is 2. The van der Waals surface area contributed by atoms with Gasteiger partial charge in [0.05, 0.1) is 0 Å². The Balaban J connectivity index is 0.00000133. The highest BCUT2D eigenvalue weighted by atomic mass is 79.9. The van der Waals surface area contributed by atoms with Crippen molar-refractivity contribution in [3.8, 4) is 0 Å². The molecule has 19 heavy (non-hydrogen) atoms. The maximum atomic E-state index is 10.4. The minimum absolute atomic E-state index is 0. The monoisotopic (exact) mass is 346 g/mol. The zero-order valence-corrected chi connectivity index (χ0v) is 13.2. The van der Waals surface area contributed by atoms with E-state index in [2.05, 4.69) is 32.2 Å². The standard InChI is InChI=1S/C14H19BrN2O.ClH/c15-13-3-1-2-11-12(13)9-17(14(11)18)8-10-4-6-16-7-5-10;/h1-3,10,14,16,18H,4-9H2;1H. The van der Waals surface area contributed by atoms with Gasteiger partial charge in [-0.15, -0.1) is 12.4 Å². The summed E-state index contributed by atoms with van der Waals surface area (Å²) in [5.41, 5.74) is 2.32. The minimum Gasteiger partial charge on any atom is -0.374 e. The molecule has 1 aromatic rings. The number of piperidine rings is 1. The molecule has 1 fully saturated rings. The summed E-state index contributed by atoms with van der Waals surface area (Å²) in [6.07, 6.45) is 2.02. The van der Waals surface area contributed by atoms with Gasteiger partial charge < -0.3 is 10.4 Å². The molecule has 0 bridgehead atoms. The zero-order chi connectivity index (χ0) is 12.5. The van der Waals surface area contributed by atoms with Crippen LogP contribution in [-0.2, 0) is 6.54 Å². The number of rotatable bonds is 2. The lowest BCUT2D eigenvalue weighted by Gasteiger charge is -2.29. The van der Waals surface area contributed by atoms with Gasteiger partial charge in [0.25, 0.3) is 0 Å². The van der Waals surface area contributed by atoms with Crippen molar-refractivity contribution in [1.29, 1.82) is 0 Å². The quantitative estimate of drug-likeness (QED) is 0.863. The Morgan fingerprint density at radius 1 is 1.32 bits per heavy atom. The van der Waals surface area contributed by atoms with Crippen molar-refractivity contribution >= 4 is 28.3 Å². The SMILES string of the molecule is Cl.OC1c2cccc(Br)c2CN1CC1CCNCC1. The summed E-state index contributed by atoms with van der Waals surface area (Å²) in [7, 11) is 0. The fraction of sp³-hybridized carbons (Fsp3) is 0.571. The third-order valence-corrected chi connectivity index (χ3v) is 4.83. The molecule has 0 spiro atoms. The van der Waals surface area contributed by atoms with Crippen molar-refractivity contribution < 1.29 is 5.11 Å². The van der Waals surface area contributed by atoms with Crippen LogP contribution in [0.25, 0.3) is 0 Å². The van der Waals surface area contributed by atoms with Crippen LogP contribution in [0.5, 0.6) is 0 Å². The van der Waals surface area contributed by atoms with E-state index in [1.165, 1.54) is 18.4 Å². The molecule has 1 atom stereocenters. The number of nitrogens with one attached hydrogen (secondary N) is 1. The highest BCUT2D eigenvalue weighted by Gasteiger charge is 2.31. The van der Waals surface area contributed by atoms with E-state index in [4.69, 9.17) is 0 Å². The first kappa shape index (κ1) is 15.3. The first-order chi connectivity index (χ1) is 8.75. The Morgan fingerprint density at radius 3 is 2.74 bits per heavy atom. The molecule has 1 aromatic carbocycles. The van der Waals surface area contributed by atoms with E-state index in [1.54, 1.807) is 0 Å². The Kier molecular flexibility index (Phi) is 5.26. The molecule has 106 valence electrons. The number of hydrogen-bond acceptors (Lipinski definition) is 3. The Hall–Kier alpha value is -0.130. The summed E-state index contributed by atoms with van der Waals surface area (Å²) in [5, 5.41) is 13.8. The van der Waals surface area contributed by atoms with Crippen LogP contribution in [0.4, 0.5) is 0 Å². The number of fused-ring (bicyclic) bond motifs is 1. The van der Waals surface area contributed by atoms with E-state index in [0.29, 0.717) is 5.92 Å². The van der Waals surface area contributed by atoms with Gasteiger partial charge in [-0.25, -0.2) is 0 Å². The fourth-order valence-electron chi connectivity index (χ4n) is 3.03. The average molecular weight is 348 g/mol. The molecular formula is C14H20BrClN2O. The number of benzene rings is 1. The van der Waals surface area contributed by atoms with Crippen LogP contribution in [0.1, 0.15) is 30.2 Å². The van der Waals surface area contributed by atoms with Crippen molar-refractivity contribution in [2.45, 2.75) is 25.6 Å². The molecule has 3 rings (SSSR count). The summed E-state index contributed by atoms with van der Waals surface area (Å²) in [6, 6.07) is 6.09. The van der Waals surface area contributed by atoms with Crippen molar-refractivity contribution in [1.82, 2.24) is 10.2 Å². The van der Waals surface area contributed by atoms with E-state index < -0.39 is 6.23 Å². The molecule has 2 heterocycles. The van der Waals surface area contributed by atoms with E-state index in [-0.39, 0.29) is 12.4 Å². The Labute approximate surface area is 128 Å². The van der Waals surface area contributed by atoms with Gasteiger partial charge in [-0.3, -0.25) is 4.90 Å². The Bertz CT molecular complexity index is 437. The molecule has 0 aromatic heterocycles. The van der Waals surface area contributed by atoms with Crippen molar-refractivity contribution in [2.24, 2.45) is 5.92 Å². The van der Waals surface area contributed by atoms with Gasteiger partial charge in [0, 0.05) is 23.1 Å². The third-order valence-electron chi connectivity index (χ3n) is 4.09. The Morgan fingerprint density at radius 2 is 2.05 bits per heavy atom. The fourth-order valence-corrected chi connectivity index (χ4v) is 3.54. The predicted octanol–water partition coefficient (Wildman–Crippen LogP) is 2.68. The zero-order valence-electron chi connectivity index (χ0n) is 10.8. The number of aliphatic hydroxyl groups excluding tert-OH is 1. The molecule has 0 radical (unpaired) electrons. The summed E-state index contributed by atoms with van der Waals surface area (Å²) < 4.78 is 1.12.